The Morgan fingerprint density at radius 1 is 1.37 bits per heavy atom. The molecule has 1 aromatic carbocycles. The molecule has 0 spiro atoms. The van der Waals surface area contributed by atoms with Crippen molar-refractivity contribution < 1.29 is 0 Å². The predicted octanol–water partition coefficient (Wildman–Crippen LogP) is 2.43. The maximum Gasteiger partial charge on any atom is 0.0244 e. The summed E-state index contributed by atoms with van der Waals surface area (Å²) in [6, 6.07) is 7.16. The smallest absolute Gasteiger partial charge is 0.0244 e. The van der Waals surface area contributed by atoms with Gasteiger partial charge in [0.1, 0.15) is 0 Å². The van der Waals surface area contributed by atoms with Crippen molar-refractivity contribution in [2.45, 2.75) is 32.0 Å². The third kappa shape index (κ3) is 4.02. The van der Waals surface area contributed by atoms with Crippen molar-refractivity contribution in [2.75, 3.05) is 27.2 Å². The van der Waals surface area contributed by atoms with Gasteiger partial charge in [0.25, 0.3) is 0 Å². The molecule has 1 fully saturated rings. The molecular formula is C15H24BrN3. The molecule has 0 bridgehead atoms. The summed E-state index contributed by atoms with van der Waals surface area (Å²) in [5.41, 5.74) is 8.19. The molecule has 3 nitrogen and oxygen atoms in total. The van der Waals surface area contributed by atoms with E-state index in [2.05, 4.69) is 58.0 Å². The highest BCUT2D eigenvalue weighted by atomic mass is 79.9. The van der Waals surface area contributed by atoms with Gasteiger partial charge in [-0.2, -0.15) is 0 Å². The maximum absolute atomic E-state index is 5.66. The van der Waals surface area contributed by atoms with Gasteiger partial charge in [0.2, 0.25) is 0 Å². The first-order chi connectivity index (χ1) is 9.10. The number of nitrogens with two attached hydrogens (primary N) is 1. The van der Waals surface area contributed by atoms with E-state index in [0.29, 0.717) is 12.6 Å². The highest BCUT2D eigenvalue weighted by molar-refractivity contribution is 9.10. The molecule has 0 saturated carbocycles. The Morgan fingerprint density at radius 2 is 2.05 bits per heavy atom. The topological polar surface area (TPSA) is 32.5 Å². The molecule has 0 amide bonds. The van der Waals surface area contributed by atoms with E-state index in [0.717, 1.165) is 6.54 Å². The monoisotopic (exact) mass is 325 g/mol. The minimum absolute atomic E-state index is 0.601. The van der Waals surface area contributed by atoms with Gasteiger partial charge in [-0.25, -0.2) is 0 Å². The van der Waals surface area contributed by atoms with Crippen LogP contribution in [0.2, 0.25) is 0 Å². The van der Waals surface area contributed by atoms with Crippen molar-refractivity contribution in [3.63, 3.8) is 0 Å². The molecule has 106 valence electrons. The van der Waals surface area contributed by atoms with E-state index in [-0.39, 0.29) is 0 Å². The summed E-state index contributed by atoms with van der Waals surface area (Å²) in [7, 11) is 4.44. The second kappa shape index (κ2) is 6.84. The van der Waals surface area contributed by atoms with E-state index in [1.54, 1.807) is 0 Å². The van der Waals surface area contributed by atoms with Crippen molar-refractivity contribution in [1.82, 2.24) is 9.80 Å². The van der Waals surface area contributed by atoms with Gasteiger partial charge < -0.3 is 10.6 Å². The average molecular weight is 326 g/mol. The summed E-state index contributed by atoms with van der Waals surface area (Å²) in [5, 5.41) is 0. The SMILES string of the molecule is CN1CCC(N(C)Cc2ccc(CN)cc2Br)CC1. The van der Waals surface area contributed by atoms with Gasteiger partial charge >= 0.3 is 0 Å². The average Bonchev–Trinajstić information content (AvgIpc) is 2.41. The zero-order valence-electron chi connectivity index (χ0n) is 11.9. The number of benzene rings is 1. The van der Waals surface area contributed by atoms with Crippen molar-refractivity contribution in [2.24, 2.45) is 5.73 Å². The summed E-state index contributed by atoms with van der Waals surface area (Å²) < 4.78 is 1.18. The van der Waals surface area contributed by atoms with Gasteiger partial charge in [0.05, 0.1) is 0 Å². The Balaban J connectivity index is 1.96. The van der Waals surface area contributed by atoms with Crippen LogP contribution in [0.25, 0.3) is 0 Å². The Kier molecular flexibility index (Phi) is 5.39. The van der Waals surface area contributed by atoms with Gasteiger partial charge in [-0.05, 0) is 57.2 Å². The fourth-order valence-electron chi connectivity index (χ4n) is 2.68. The molecule has 2 rings (SSSR count). The standard InChI is InChI=1S/C15H24BrN3/c1-18-7-5-14(6-8-18)19(2)11-13-4-3-12(10-17)9-15(13)16/h3-4,9,14H,5-8,10-11,17H2,1-2H3. The maximum atomic E-state index is 5.66. The zero-order chi connectivity index (χ0) is 13.8. The first-order valence-corrected chi connectivity index (χ1v) is 7.75. The molecule has 4 heteroatoms. The lowest BCUT2D eigenvalue weighted by atomic mass is 10.0. The highest BCUT2D eigenvalue weighted by Crippen LogP contribution is 2.22. The number of piperidine rings is 1. The van der Waals surface area contributed by atoms with Crippen LogP contribution in [-0.2, 0) is 13.1 Å². The fraction of sp³-hybridized carbons (Fsp3) is 0.600. The van der Waals surface area contributed by atoms with Gasteiger partial charge in [0.15, 0.2) is 0 Å². The van der Waals surface area contributed by atoms with E-state index in [1.165, 1.54) is 41.5 Å². The van der Waals surface area contributed by atoms with Crippen LogP contribution in [0, 0.1) is 0 Å². The molecule has 0 aromatic heterocycles. The second-order valence-corrected chi connectivity index (χ2v) is 6.43. The minimum Gasteiger partial charge on any atom is -0.326 e. The molecule has 1 aromatic rings. The lowest BCUT2D eigenvalue weighted by Gasteiger charge is -2.35. The van der Waals surface area contributed by atoms with Crippen LogP contribution < -0.4 is 5.73 Å². The molecule has 0 radical (unpaired) electrons. The third-order valence-corrected chi connectivity index (χ3v) is 4.82. The van der Waals surface area contributed by atoms with E-state index in [1.807, 2.05) is 0 Å². The molecule has 1 aliphatic rings. The molecule has 0 unspecified atom stereocenters. The van der Waals surface area contributed by atoms with Crippen molar-refractivity contribution in [1.29, 1.82) is 0 Å². The van der Waals surface area contributed by atoms with Crippen molar-refractivity contribution >= 4 is 15.9 Å². The van der Waals surface area contributed by atoms with Crippen LogP contribution in [0.3, 0.4) is 0 Å². The van der Waals surface area contributed by atoms with Gasteiger partial charge in [-0.1, -0.05) is 28.1 Å². The number of hydrogen-bond donors (Lipinski definition) is 1. The lowest BCUT2D eigenvalue weighted by Crippen LogP contribution is -2.41. The second-order valence-electron chi connectivity index (χ2n) is 5.58. The van der Waals surface area contributed by atoms with E-state index >= 15 is 0 Å². The molecule has 0 aliphatic carbocycles. The van der Waals surface area contributed by atoms with E-state index in [9.17, 15) is 0 Å². The predicted molar refractivity (Wildman–Crippen MR) is 84.0 cm³/mol. The zero-order valence-corrected chi connectivity index (χ0v) is 13.5. The molecule has 1 heterocycles. The number of nitrogens with zero attached hydrogens (tertiary/aromatic N) is 2. The Labute approximate surface area is 124 Å². The highest BCUT2D eigenvalue weighted by Gasteiger charge is 2.20. The normalized spacial score (nSPS) is 18.2. The molecular weight excluding hydrogens is 302 g/mol. The quantitative estimate of drug-likeness (QED) is 0.922. The molecule has 19 heavy (non-hydrogen) atoms. The summed E-state index contributed by atoms with van der Waals surface area (Å²) in [6.45, 7) is 4.02. The number of rotatable bonds is 4. The minimum atomic E-state index is 0.601. The van der Waals surface area contributed by atoms with Gasteiger partial charge in [0, 0.05) is 23.6 Å². The van der Waals surface area contributed by atoms with Gasteiger partial charge in [-0.3, -0.25) is 4.90 Å². The lowest BCUT2D eigenvalue weighted by molar-refractivity contribution is 0.139. The van der Waals surface area contributed by atoms with Crippen molar-refractivity contribution in [3.8, 4) is 0 Å². The van der Waals surface area contributed by atoms with Gasteiger partial charge in [-0.15, -0.1) is 0 Å². The van der Waals surface area contributed by atoms with Crippen LogP contribution in [0.1, 0.15) is 24.0 Å². The first kappa shape index (κ1) is 15.0. The fourth-order valence-corrected chi connectivity index (χ4v) is 3.23. The molecule has 1 aliphatic heterocycles. The van der Waals surface area contributed by atoms with Crippen molar-refractivity contribution in [3.05, 3.63) is 33.8 Å². The molecule has 2 N–H and O–H groups in total. The summed E-state index contributed by atoms with van der Waals surface area (Å²) in [4.78, 5) is 4.89. The van der Waals surface area contributed by atoms with Crippen LogP contribution in [0.15, 0.2) is 22.7 Å². The number of likely N-dealkylation sites (tertiary alicyclic amines) is 1. The molecule has 0 atom stereocenters. The largest absolute Gasteiger partial charge is 0.326 e. The van der Waals surface area contributed by atoms with Crippen LogP contribution >= 0.6 is 15.9 Å². The van der Waals surface area contributed by atoms with E-state index < -0.39 is 0 Å². The third-order valence-electron chi connectivity index (χ3n) is 4.08. The molecule has 1 saturated heterocycles. The summed E-state index contributed by atoms with van der Waals surface area (Å²) in [6.07, 6.45) is 2.54. The Bertz CT molecular complexity index is 414. The Morgan fingerprint density at radius 3 is 2.63 bits per heavy atom. The summed E-state index contributed by atoms with van der Waals surface area (Å²) in [5.74, 6) is 0. The van der Waals surface area contributed by atoms with E-state index in [4.69, 9.17) is 5.73 Å². The first-order valence-electron chi connectivity index (χ1n) is 6.96. The summed E-state index contributed by atoms with van der Waals surface area (Å²) >= 11 is 3.66. The Hall–Kier alpha value is -0.420. The number of halogens is 1. The number of hydrogen-bond acceptors (Lipinski definition) is 3. The van der Waals surface area contributed by atoms with Crippen LogP contribution in [0.5, 0.6) is 0 Å². The van der Waals surface area contributed by atoms with Crippen LogP contribution in [0.4, 0.5) is 0 Å². The van der Waals surface area contributed by atoms with Crippen LogP contribution in [-0.4, -0.2) is 43.0 Å².